The molecule has 182 valence electrons. The molecule has 0 radical (unpaired) electrons. The summed E-state index contributed by atoms with van der Waals surface area (Å²) < 4.78 is 12.5. The van der Waals surface area contributed by atoms with Crippen LogP contribution in [0.2, 0.25) is 10.0 Å². The van der Waals surface area contributed by atoms with Crippen LogP contribution in [-0.4, -0.2) is 29.6 Å². The zero-order chi connectivity index (χ0) is 24.7. The Balaban J connectivity index is 1.36. The number of hydrogen-bond donors (Lipinski definition) is 0. The van der Waals surface area contributed by atoms with E-state index < -0.39 is 0 Å². The first kappa shape index (κ1) is 24.3. The lowest BCUT2D eigenvalue weighted by Gasteiger charge is -2.37. The highest BCUT2D eigenvalue weighted by Gasteiger charge is 2.56. The van der Waals surface area contributed by atoms with Crippen molar-refractivity contribution in [3.8, 4) is 11.5 Å². The van der Waals surface area contributed by atoms with Crippen LogP contribution in [0.4, 0.5) is 0 Å². The molecule has 9 heteroatoms. The van der Waals surface area contributed by atoms with E-state index in [4.69, 9.17) is 32.7 Å². The van der Waals surface area contributed by atoms with Gasteiger partial charge in [0.1, 0.15) is 6.61 Å². The number of amides is 2. The predicted molar refractivity (Wildman–Crippen MR) is 138 cm³/mol. The van der Waals surface area contributed by atoms with E-state index in [1.165, 1.54) is 6.21 Å². The summed E-state index contributed by atoms with van der Waals surface area (Å²) in [7, 11) is 0. The van der Waals surface area contributed by atoms with Gasteiger partial charge in [-0.3, -0.25) is 9.59 Å². The Kier molecular flexibility index (Phi) is 6.93. The SMILES string of the molecule is CCOc1cc(/C=N\N2C(=O)[C@H]3[C@H](C2=O)[C@H]2C=C[C@H]3CC2)cc(Br)c1OCc1ccc(Cl)cc1Cl. The third kappa shape index (κ3) is 4.61. The molecule has 4 atom stereocenters. The Bertz CT molecular complexity index is 1220. The molecule has 2 bridgehead atoms. The molecule has 2 amide bonds. The average Bonchev–Trinajstić information content (AvgIpc) is 3.11. The Morgan fingerprint density at radius 3 is 2.34 bits per heavy atom. The van der Waals surface area contributed by atoms with Crippen LogP contribution < -0.4 is 9.47 Å². The van der Waals surface area contributed by atoms with Gasteiger partial charge in [0, 0.05) is 15.6 Å². The Hall–Kier alpha value is -2.35. The summed E-state index contributed by atoms with van der Waals surface area (Å²) in [6.45, 7) is 2.52. The molecule has 0 N–H and O–H groups in total. The minimum Gasteiger partial charge on any atom is -0.490 e. The number of halogens is 3. The highest BCUT2D eigenvalue weighted by Crippen LogP contribution is 2.49. The van der Waals surface area contributed by atoms with E-state index in [0.29, 0.717) is 38.2 Å². The van der Waals surface area contributed by atoms with Gasteiger partial charge in [-0.15, -0.1) is 0 Å². The Morgan fingerprint density at radius 2 is 1.74 bits per heavy atom. The number of rotatable bonds is 7. The number of fused-ring (bicyclic) bond motifs is 1. The van der Waals surface area contributed by atoms with E-state index >= 15 is 0 Å². The first-order valence-corrected chi connectivity index (χ1v) is 13.1. The molecule has 1 saturated carbocycles. The van der Waals surface area contributed by atoms with E-state index in [1.807, 2.05) is 13.0 Å². The summed E-state index contributed by atoms with van der Waals surface area (Å²) in [5.74, 6) is 0.282. The van der Waals surface area contributed by atoms with Crippen LogP contribution in [0.3, 0.4) is 0 Å². The maximum absolute atomic E-state index is 13.0. The van der Waals surface area contributed by atoms with Gasteiger partial charge in [0.25, 0.3) is 11.8 Å². The second-order valence-electron chi connectivity index (χ2n) is 8.86. The van der Waals surface area contributed by atoms with Crippen LogP contribution in [0.5, 0.6) is 11.5 Å². The quantitative estimate of drug-likeness (QED) is 0.221. The first-order chi connectivity index (χ1) is 16.9. The summed E-state index contributed by atoms with van der Waals surface area (Å²) in [5, 5.41) is 6.41. The minimum atomic E-state index is -0.287. The minimum absolute atomic E-state index is 0.130. The zero-order valence-corrected chi connectivity index (χ0v) is 22.0. The van der Waals surface area contributed by atoms with Gasteiger partial charge < -0.3 is 9.47 Å². The average molecular weight is 578 g/mol. The van der Waals surface area contributed by atoms with Crippen LogP contribution in [0.1, 0.15) is 30.9 Å². The van der Waals surface area contributed by atoms with Gasteiger partial charge in [0.15, 0.2) is 11.5 Å². The van der Waals surface area contributed by atoms with Crippen molar-refractivity contribution in [2.24, 2.45) is 28.8 Å². The summed E-state index contributed by atoms with van der Waals surface area (Å²) in [5.41, 5.74) is 1.45. The van der Waals surface area contributed by atoms with E-state index in [1.54, 1.807) is 24.3 Å². The van der Waals surface area contributed by atoms with Gasteiger partial charge in [-0.05, 0) is 77.4 Å². The van der Waals surface area contributed by atoms with Crippen molar-refractivity contribution in [1.29, 1.82) is 0 Å². The van der Waals surface area contributed by atoms with Crippen molar-refractivity contribution < 1.29 is 19.1 Å². The number of allylic oxidation sites excluding steroid dienone is 2. The van der Waals surface area contributed by atoms with E-state index in [2.05, 4.69) is 33.2 Å². The third-order valence-electron chi connectivity index (χ3n) is 6.78. The lowest BCUT2D eigenvalue weighted by Crippen LogP contribution is -2.38. The van der Waals surface area contributed by atoms with Crippen LogP contribution in [-0.2, 0) is 16.2 Å². The first-order valence-electron chi connectivity index (χ1n) is 11.5. The molecule has 6 rings (SSSR count). The molecular weight excluding hydrogens is 555 g/mol. The zero-order valence-electron chi connectivity index (χ0n) is 18.9. The summed E-state index contributed by atoms with van der Waals surface area (Å²) in [4.78, 5) is 26.0. The molecule has 0 spiro atoms. The van der Waals surface area contributed by atoms with Gasteiger partial charge in [-0.1, -0.05) is 41.4 Å². The molecule has 1 aliphatic heterocycles. The predicted octanol–water partition coefficient (Wildman–Crippen LogP) is 6.26. The summed E-state index contributed by atoms with van der Waals surface area (Å²) in [6.07, 6.45) is 7.60. The number of ether oxygens (including phenoxy) is 2. The smallest absolute Gasteiger partial charge is 0.254 e. The van der Waals surface area contributed by atoms with Crippen LogP contribution in [0.15, 0.2) is 52.1 Å². The van der Waals surface area contributed by atoms with E-state index in [9.17, 15) is 9.59 Å². The molecule has 0 unspecified atom stereocenters. The highest BCUT2D eigenvalue weighted by atomic mass is 79.9. The Morgan fingerprint density at radius 1 is 1.06 bits per heavy atom. The van der Waals surface area contributed by atoms with Gasteiger partial charge >= 0.3 is 0 Å². The second-order valence-corrected chi connectivity index (χ2v) is 10.6. The standard InChI is InChI=1S/C26H23BrCl2N2O4/c1-2-34-21-10-14(9-19(27)24(21)35-13-17-7-8-18(28)11-20(17)29)12-30-31-25(32)22-15-3-4-16(6-5-15)23(22)26(31)33/h3-4,7-12,15-16,22-23H,2,5-6,13H2,1H3/b30-12-/t15-,16-,22+,23+/m0/s1. The van der Waals surface area contributed by atoms with Crippen molar-refractivity contribution in [2.45, 2.75) is 26.4 Å². The molecular formula is C26H23BrCl2N2O4. The van der Waals surface area contributed by atoms with Crippen LogP contribution in [0, 0.1) is 23.7 Å². The molecule has 3 aliphatic carbocycles. The number of nitrogens with zero attached hydrogens (tertiary/aromatic N) is 2. The molecule has 0 aromatic heterocycles. The maximum Gasteiger partial charge on any atom is 0.254 e. The number of benzene rings is 2. The monoisotopic (exact) mass is 576 g/mol. The third-order valence-corrected chi connectivity index (χ3v) is 7.95. The van der Waals surface area contributed by atoms with Crippen molar-refractivity contribution in [3.63, 3.8) is 0 Å². The van der Waals surface area contributed by atoms with Crippen molar-refractivity contribution in [1.82, 2.24) is 5.01 Å². The normalized spacial score (nSPS) is 25.0. The van der Waals surface area contributed by atoms with Gasteiger partial charge in [-0.2, -0.15) is 10.1 Å². The lowest BCUT2D eigenvalue weighted by molar-refractivity contribution is -0.140. The van der Waals surface area contributed by atoms with Crippen LogP contribution >= 0.6 is 39.1 Å². The Labute approximate surface area is 222 Å². The molecule has 4 aliphatic rings. The molecule has 2 aromatic carbocycles. The van der Waals surface area contributed by atoms with Gasteiger partial charge in [0.05, 0.1) is 29.1 Å². The number of carbonyl (C=O) groups excluding carboxylic acids is 2. The number of hydrogen-bond acceptors (Lipinski definition) is 5. The fourth-order valence-corrected chi connectivity index (χ4v) is 6.19. The van der Waals surface area contributed by atoms with Crippen LogP contribution in [0.25, 0.3) is 0 Å². The number of hydrazone groups is 1. The molecule has 35 heavy (non-hydrogen) atoms. The number of imide groups is 1. The molecule has 2 aromatic rings. The highest BCUT2D eigenvalue weighted by molar-refractivity contribution is 9.10. The van der Waals surface area contributed by atoms with E-state index in [0.717, 1.165) is 23.4 Å². The molecule has 1 heterocycles. The van der Waals surface area contributed by atoms with Crippen molar-refractivity contribution >= 4 is 57.2 Å². The summed E-state index contributed by atoms with van der Waals surface area (Å²) >= 11 is 15.8. The second kappa shape index (κ2) is 9.96. The van der Waals surface area contributed by atoms with E-state index in [-0.39, 0.29) is 42.1 Å². The molecule has 2 fully saturated rings. The fourth-order valence-electron chi connectivity index (χ4n) is 5.15. The van der Waals surface area contributed by atoms with Crippen molar-refractivity contribution in [2.75, 3.05) is 6.61 Å². The van der Waals surface area contributed by atoms with Crippen molar-refractivity contribution in [3.05, 3.63) is 68.1 Å². The fraction of sp³-hybridized carbons (Fsp3) is 0.346. The topological polar surface area (TPSA) is 68.2 Å². The molecule has 1 saturated heterocycles. The number of carbonyl (C=O) groups is 2. The molecule has 6 nitrogen and oxygen atoms in total. The maximum atomic E-state index is 13.0. The van der Waals surface area contributed by atoms with Gasteiger partial charge in [-0.25, -0.2) is 0 Å². The largest absolute Gasteiger partial charge is 0.490 e. The van der Waals surface area contributed by atoms with Gasteiger partial charge in [0.2, 0.25) is 0 Å². The summed E-state index contributed by atoms with van der Waals surface area (Å²) in [6, 6.07) is 8.79. The lowest BCUT2D eigenvalue weighted by atomic mass is 9.63.